The van der Waals surface area contributed by atoms with Crippen LogP contribution in [-0.2, 0) is 16.0 Å². The number of methoxy groups -OCH3 is 1. The number of benzene rings is 1. The van der Waals surface area contributed by atoms with E-state index in [1.807, 2.05) is 0 Å². The van der Waals surface area contributed by atoms with Crippen LogP contribution in [0.25, 0.3) is 0 Å². The highest BCUT2D eigenvalue weighted by molar-refractivity contribution is 6.32. The van der Waals surface area contributed by atoms with Crippen LogP contribution in [0.4, 0.5) is 0 Å². The number of carbonyl (C=O) groups is 2. The zero-order valence-electron chi connectivity index (χ0n) is 11.8. The lowest BCUT2D eigenvalue weighted by Crippen LogP contribution is -2.47. The molecule has 1 aromatic rings. The van der Waals surface area contributed by atoms with E-state index in [0.717, 1.165) is 5.56 Å². The molecule has 2 amide bonds. The van der Waals surface area contributed by atoms with Crippen molar-refractivity contribution < 1.29 is 14.3 Å². The first-order valence-electron chi connectivity index (χ1n) is 6.27. The number of hydrogen-bond acceptors (Lipinski definition) is 3. The molecule has 0 aromatic heterocycles. The van der Waals surface area contributed by atoms with Gasteiger partial charge in [0.1, 0.15) is 11.8 Å². The van der Waals surface area contributed by atoms with Gasteiger partial charge in [0.15, 0.2) is 0 Å². The summed E-state index contributed by atoms with van der Waals surface area (Å²) in [6, 6.07) is 4.43. The third kappa shape index (κ3) is 4.42. The molecule has 0 bridgehead atoms. The van der Waals surface area contributed by atoms with E-state index in [0.29, 0.717) is 10.8 Å². The SMILES string of the molecule is COc1ccc(C[C@@H](NC(=O)C(C)C)C(N)=O)cc1Cl. The van der Waals surface area contributed by atoms with Crippen molar-refractivity contribution in [3.63, 3.8) is 0 Å². The second kappa shape index (κ2) is 7.14. The quantitative estimate of drug-likeness (QED) is 0.835. The molecular weight excluding hydrogens is 280 g/mol. The molecular formula is C14H19ClN2O3. The number of nitrogens with two attached hydrogens (primary N) is 1. The van der Waals surface area contributed by atoms with Gasteiger partial charge in [-0.05, 0) is 17.7 Å². The summed E-state index contributed by atoms with van der Waals surface area (Å²) in [6.45, 7) is 3.50. The summed E-state index contributed by atoms with van der Waals surface area (Å²) in [4.78, 5) is 23.1. The second-order valence-corrected chi connectivity index (χ2v) is 5.20. The van der Waals surface area contributed by atoms with E-state index in [1.165, 1.54) is 7.11 Å². The van der Waals surface area contributed by atoms with Gasteiger partial charge in [0.2, 0.25) is 11.8 Å². The molecule has 0 aliphatic rings. The number of carbonyl (C=O) groups excluding carboxylic acids is 2. The molecule has 3 N–H and O–H groups in total. The highest BCUT2D eigenvalue weighted by Gasteiger charge is 2.20. The number of hydrogen-bond donors (Lipinski definition) is 2. The number of nitrogens with one attached hydrogen (secondary N) is 1. The molecule has 110 valence electrons. The van der Waals surface area contributed by atoms with Crippen molar-refractivity contribution in [2.75, 3.05) is 7.11 Å². The predicted molar refractivity (Wildman–Crippen MR) is 77.7 cm³/mol. The highest BCUT2D eigenvalue weighted by Crippen LogP contribution is 2.25. The Labute approximate surface area is 123 Å². The standard InChI is InChI=1S/C14H19ClN2O3/c1-8(2)14(19)17-11(13(16)18)7-9-4-5-12(20-3)10(15)6-9/h4-6,8,11H,7H2,1-3H3,(H2,16,18)(H,17,19)/t11-/m1/s1. The molecule has 20 heavy (non-hydrogen) atoms. The van der Waals surface area contributed by atoms with E-state index in [1.54, 1.807) is 32.0 Å². The van der Waals surface area contributed by atoms with Gasteiger partial charge in [0.05, 0.1) is 12.1 Å². The van der Waals surface area contributed by atoms with Crippen LogP contribution in [0.3, 0.4) is 0 Å². The topological polar surface area (TPSA) is 81.4 Å². The Morgan fingerprint density at radius 2 is 2.05 bits per heavy atom. The fraction of sp³-hybridized carbons (Fsp3) is 0.429. The minimum Gasteiger partial charge on any atom is -0.495 e. The summed E-state index contributed by atoms with van der Waals surface area (Å²) in [5.41, 5.74) is 6.11. The van der Waals surface area contributed by atoms with Crippen LogP contribution in [-0.4, -0.2) is 25.0 Å². The van der Waals surface area contributed by atoms with Crippen LogP contribution < -0.4 is 15.8 Å². The molecule has 1 rings (SSSR count). The molecule has 6 heteroatoms. The largest absolute Gasteiger partial charge is 0.495 e. The number of rotatable bonds is 6. The third-order valence-corrected chi connectivity index (χ3v) is 3.14. The minimum absolute atomic E-state index is 0.212. The number of primary amides is 1. The lowest BCUT2D eigenvalue weighted by molar-refractivity contribution is -0.129. The Morgan fingerprint density at radius 1 is 1.40 bits per heavy atom. The number of amides is 2. The van der Waals surface area contributed by atoms with Crippen LogP contribution in [0.2, 0.25) is 5.02 Å². The predicted octanol–water partition coefficient (Wildman–Crippen LogP) is 1.52. The van der Waals surface area contributed by atoms with Gasteiger partial charge in [-0.3, -0.25) is 9.59 Å². The molecule has 1 atom stereocenters. The van der Waals surface area contributed by atoms with Gasteiger partial charge in [-0.2, -0.15) is 0 Å². The molecule has 0 fully saturated rings. The maximum absolute atomic E-state index is 11.7. The summed E-state index contributed by atoms with van der Waals surface area (Å²) in [6.07, 6.45) is 0.289. The van der Waals surface area contributed by atoms with Crippen molar-refractivity contribution in [3.05, 3.63) is 28.8 Å². The molecule has 0 heterocycles. The molecule has 1 aromatic carbocycles. The molecule has 0 spiro atoms. The minimum atomic E-state index is -0.755. The van der Waals surface area contributed by atoms with E-state index in [9.17, 15) is 9.59 Å². The van der Waals surface area contributed by atoms with Gasteiger partial charge in [-0.1, -0.05) is 31.5 Å². The van der Waals surface area contributed by atoms with E-state index in [-0.39, 0.29) is 18.2 Å². The first kappa shape index (κ1) is 16.3. The third-order valence-electron chi connectivity index (χ3n) is 2.84. The molecule has 5 nitrogen and oxygen atoms in total. The van der Waals surface area contributed by atoms with E-state index in [2.05, 4.69) is 5.32 Å². The van der Waals surface area contributed by atoms with Crippen LogP contribution >= 0.6 is 11.6 Å². The summed E-state index contributed by atoms with van der Waals surface area (Å²) in [5.74, 6) is -0.451. The van der Waals surface area contributed by atoms with Crippen LogP contribution in [0.15, 0.2) is 18.2 Å². The second-order valence-electron chi connectivity index (χ2n) is 4.79. The zero-order chi connectivity index (χ0) is 15.3. The molecule has 0 aliphatic heterocycles. The Morgan fingerprint density at radius 3 is 2.50 bits per heavy atom. The Bertz CT molecular complexity index is 503. The van der Waals surface area contributed by atoms with Crippen LogP contribution in [0, 0.1) is 5.92 Å². The average molecular weight is 299 g/mol. The maximum Gasteiger partial charge on any atom is 0.240 e. The van der Waals surface area contributed by atoms with E-state index in [4.69, 9.17) is 22.1 Å². The van der Waals surface area contributed by atoms with Gasteiger partial charge in [0, 0.05) is 12.3 Å². The molecule has 0 saturated carbocycles. The van der Waals surface area contributed by atoms with Crippen LogP contribution in [0.5, 0.6) is 5.75 Å². The zero-order valence-corrected chi connectivity index (χ0v) is 12.5. The van der Waals surface area contributed by atoms with E-state index < -0.39 is 11.9 Å². The van der Waals surface area contributed by atoms with Gasteiger partial charge in [0.25, 0.3) is 0 Å². The maximum atomic E-state index is 11.7. The molecule has 0 radical (unpaired) electrons. The normalized spacial score (nSPS) is 12.1. The van der Waals surface area contributed by atoms with Gasteiger partial charge in [-0.15, -0.1) is 0 Å². The van der Waals surface area contributed by atoms with Crippen LogP contribution in [0.1, 0.15) is 19.4 Å². The summed E-state index contributed by atoms with van der Waals surface area (Å²) >= 11 is 6.02. The summed E-state index contributed by atoms with van der Waals surface area (Å²) in [5, 5.41) is 3.07. The van der Waals surface area contributed by atoms with Crippen molar-refractivity contribution in [3.8, 4) is 5.75 Å². The molecule has 0 aliphatic carbocycles. The number of ether oxygens (including phenoxy) is 1. The monoisotopic (exact) mass is 298 g/mol. The first-order chi connectivity index (χ1) is 9.35. The number of halogens is 1. The summed E-state index contributed by atoms with van der Waals surface area (Å²) in [7, 11) is 1.52. The van der Waals surface area contributed by atoms with E-state index >= 15 is 0 Å². The van der Waals surface area contributed by atoms with Gasteiger partial charge in [-0.25, -0.2) is 0 Å². The first-order valence-corrected chi connectivity index (χ1v) is 6.65. The van der Waals surface area contributed by atoms with Crippen molar-refractivity contribution in [1.29, 1.82) is 0 Å². The van der Waals surface area contributed by atoms with Gasteiger partial charge < -0.3 is 15.8 Å². The Balaban J connectivity index is 2.83. The molecule has 0 saturated heterocycles. The van der Waals surface area contributed by atoms with Gasteiger partial charge >= 0.3 is 0 Å². The van der Waals surface area contributed by atoms with Crippen molar-refractivity contribution in [1.82, 2.24) is 5.32 Å². The van der Waals surface area contributed by atoms with Crippen molar-refractivity contribution in [2.45, 2.75) is 26.3 Å². The average Bonchev–Trinajstić information content (AvgIpc) is 2.37. The highest BCUT2D eigenvalue weighted by atomic mass is 35.5. The Hall–Kier alpha value is -1.75. The smallest absolute Gasteiger partial charge is 0.240 e. The molecule has 0 unspecified atom stereocenters. The Kier molecular flexibility index (Phi) is 5.82. The fourth-order valence-electron chi connectivity index (χ4n) is 1.63. The lowest BCUT2D eigenvalue weighted by Gasteiger charge is -2.17. The van der Waals surface area contributed by atoms with Crippen molar-refractivity contribution in [2.24, 2.45) is 11.7 Å². The van der Waals surface area contributed by atoms with Crippen molar-refractivity contribution >= 4 is 23.4 Å². The lowest BCUT2D eigenvalue weighted by atomic mass is 10.0. The fourth-order valence-corrected chi connectivity index (χ4v) is 1.91. The summed E-state index contributed by atoms with van der Waals surface area (Å²) < 4.78 is 5.06.